The Hall–Kier alpha value is -1.45. The van der Waals surface area contributed by atoms with E-state index in [4.69, 9.17) is 11.6 Å². The molecule has 0 fully saturated rings. The van der Waals surface area contributed by atoms with Crippen molar-refractivity contribution in [2.75, 3.05) is 5.75 Å². The number of benzene rings is 2. The third kappa shape index (κ3) is 3.75. The number of rotatable bonds is 4. The molecule has 2 aromatic carbocycles. The van der Waals surface area contributed by atoms with E-state index in [1.165, 1.54) is 11.8 Å². The number of hydrogen-bond donors (Lipinski definition) is 1. The summed E-state index contributed by atoms with van der Waals surface area (Å²) in [5.41, 5.74) is 1.30. The van der Waals surface area contributed by atoms with Crippen LogP contribution in [0.2, 0.25) is 5.02 Å². The fraction of sp³-hybridized carbons (Fsp3) is 0.133. The highest BCUT2D eigenvalue weighted by molar-refractivity contribution is 8.00. The minimum atomic E-state index is -0.0857. The maximum Gasteiger partial charge on any atom is 0.176 e. The summed E-state index contributed by atoms with van der Waals surface area (Å²) in [5, 5.41) is 10.4. The Labute approximate surface area is 121 Å². The molecule has 0 aliphatic heterocycles. The topological polar surface area (TPSA) is 37.3 Å². The number of phenols is 1. The van der Waals surface area contributed by atoms with Gasteiger partial charge in [-0.25, -0.2) is 0 Å². The molecule has 98 valence electrons. The summed E-state index contributed by atoms with van der Waals surface area (Å²) >= 11 is 7.22. The molecule has 2 rings (SSSR count). The highest BCUT2D eigenvalue weighted by Gasteiger charge is 2.11. The van der Waals surface area contributed by atoms with Crippen molar-refractivity contribution in [1.29, 1.82) is 0 Å². The van der Waals surface area contributed by atoms with E-state index in [1.807, 2.05) is 25.1 Å². The third-order valence-electron chi connectivity index (χ3n) is 2.64. The minimum Gasteiger partial charge on any atom is -0.507 e. The predicted octanol–water partition coefficient (Wildman–Crippen LogP) is 4.33. The van der Waals surface area contributed by atoms with Crippen molar-refractivity contribution in [3.63, 3.8) is 0 Å². The summed E-state index contributed by atoms with van der Waals surface area (Å²) in [6.45, 7) is 1.87. The maximum atomic E-state index is 12.0. The molecular formula is C15H13ClO2S. The quantitative estimate of drug-likeness (QED) is 0.673. The molecule has 2 aromatic rings. The van der Waals surface area contributed by atoms with Gasteiger partial charge in [-0.1, -0.05) is 17.7 Å². The average Bonchev–Trinajstić information content (AvgIpc) is 2.37. The van der Waals surface area contributed by atoms with Crippen molar-refractivity contribution < 1.29 is 9.90 Å². The smallest absolute Gasteiger partial charge is 0.176 e. The Bertz CT molecular complexity index is 594. The molecular weight excluding hydrogens is 280 g/mol. The number of hydrogen-bond acceptors (Lipinski definition) is 3. The van der Waals surface area contributed by atoms with Crippen LogP contribution >= 0.6 is 23.4 Å². The van der Waals surface area contributed by atoms with Gasteiger partial charge in [0.05, 0.1) is 11.3 Å². The van der Waals surface area contributed by atoms with Crippen LogP contribution in [0.5, 0.6) is 5.75 Å². The van der Waals surface area contributed by atoms with Crippen LogP contribution in [0.1, 0.15) is 15.9 Å². The van der Waals surface area contributed by atoms with Gasteiger partial charge in [0.15, 0.2) is 5.78 Å². The number of Topliss-reactive ketones (excluding diaryl/α,β-unsaturated/α-hetero) is 1. The monoisotopic (exact) mass is 292 g/mol. The van der Waals surface area contributed by atoms with Crippen LogP contribution in [-0.4, -0.2) is 16.6 Å². The third-order valence-corrected chi connectivity index (χ3v) is 3.90. The molecule has 2 nitrogen and oxygen atoms in total. The van der Waals surface area contributed by atoms with Gasteiger partial charge in [0.25, 0.3) is 0 Å². The van der Waals surface area contributed by atoms with E-state index >= 15 is 0 Å². The second-order valence-electron chi connectivity index (χ2n) is 4.19. The molecule has 0 amide bonds. The summed E-state index contributed by atoms with van der Waals surface area (Å²) in [6.07, 6.45) is 0. The standard InChI is InChI=1S/C15H13ClO2S/c1-10-2-7-13(14(17)8-10)15(18)9-19-12-5-3-11(16)4-6-12/h2-8,17H,9H2,1H3. The Morgan fingerprint density at radius 3 is 2.53 bits per heavy atom. The van der Waals surface area contributed by atoms with Gasteiger partial charge in [-0.05, 0) is 48.9 Å². The van der Waals surface area contributed by atoms with Gasteiger partial charge in [-0.2, -0.15) is 0 Å². The number of aromatic hydroxyl groups is 1. The number of phenolic OH excluding ortho intramolecular Hbond substituents is 1. The van der Waals surface area contributed by atoms with Crippen LogP contribution in [0.4, 0.5) is 0 Å². The summed E-state index contributed by atoms with van der Waals surface area (Å²) in [4.78, 5) is 13.0. The average molecular weight is 293 g/mol. The summed E-state index contributed by atoms with van der Waals surface area (Å²) in [7, 11) is 0. The van der Waals surface area contributed by atoms with E-state index in [1.54, 1.807) is 24.3 Å². The van der Waals surface area contributed by atoms with Crippen LogP contribution < -0.4 is 0 Å². The number of aryl methyl sites for hydroxylation is 1. The molecule has 4 heteroatoms. The van der Waals surface area contributed by atoms with E-state index in [0.29, 0.717) is 10.6 Å². The van der Waals surface area contributed by atoms with E-state index in [-0.39, 0.29) is 17.3 Å². The fourth-order valence-corrected chi connectivity index (χ4v) is 2.54. The van der Waals surface area contributed by atoms with Gasteiger partial charge in [-0.15, -0.1) is 11.8 Å². The summed E-state index contributed by atoms with van der Waals surface area (Å²) in [5.74, 6) is 0.247. The van der Waals surface area contributed by atoms with Crippen LogP contribution in [0, 0.1) is 6.92 Å². The van der Waals surface area contributed by atoms with Crippen LogP contribution in [0.15, 0.2) is 47.4 Å². The van der Waals surface area contributed by atoms with E-state index < -0.39 is 0 Å². The first-order valence-electron chi connectivity index (χ1n) is 5.77. The largest absolute Gasteiger partial charge is 0.507 e. The first-order chi connectivity index (χ1) is 9.06. The lowest BCUT2D eigenvalue weighted by atomic mass is 10.1. The zero-order valence-electron chi connectivity index (χ0n) is 10.4. The number of carbonyl (C=O) groups excluding carboxylic acids is 1. The van der Waals surface area contributed by atoms with Crippen LogP contribution in [0.25, 0.3) is 0 Å². The van der Waals surface area contributed by atoms with Crippen LogP contribution in [0.3, 0.4) is 0 Å². The molecule has 0 heterocycles. The molecule has 0 spiro atoms. The fourth-order valence-electron chi connectivity index (χ4n) is 1.63. The molecule has 0 radical (unpaired) electrons. The predicted molar refractivity (Wildman–Crippen MR) is 79.4 cm³/mol. The van der Waals surface area contributed by atoms with Crippen molar-refractivity contribution in [2.45, 2.75) is 11.8 Å². The molecule has 0 unspecified atom stereocenters. The van der Waals surface area contributed by atoms with Crippen molar-refractivity contribution >= 4 is 29.1 Å². The second kappa shape index (κ2) is 6.13. The Kier molecular flexibility index (Phi) is 4.51. The molecule has 19 heavy (non-hydrogen) atoms. The lowest BCUT2D eigenvalue weighted by Gasteiger charge is -2.05. The lowest BCUT2D eigenvalue weighted by molar-refractivity contribution is 0.102. The Morgan fingerprint density at radius 1 is 1.21 bits per heavy atom. The van der Waals surface area contributed by atoms with Gasteiger partial charge in [0.1, 0.15) is 5.75 Å². The van der Waals surface area contributed by atoms with Crippen LogP contribution in [-0.2, 0) is 0 Å². The number of halogens is 1. The zero-order valence-corrected chi connectivity index (χ0v) is 12.0. The highest BCUT2D eigenvalue weighted by atomic mass is 35.5. The normalized spacial score (nSPS) is 10.4. The van der Waals surface area contributed by atoms with Gasteiger partial charge in [0.2, 0.25) is 0 Å². The maximum absolute atomic E-state index is 12.0. The number of ketones is 1. The molecule has 0 saturated carbocycles. The van der Waals surface area contributed by atoms with E-state index in [0.717, 1.165) is 10.5 Å². The molecule has 0 aromatic heterocycles. The van der Waals surface area contributed by atoms with Gasteiger partial charge in [-0.3, -0.25) is 4.79 Å². The SMILES string of the molecule is Cc1ccc(C(=O)CSc2ccc(Cl)cc2)c(O)c1. The van der Waals surface area contributed by atoms with Gasteiger partial charge >= 0.3 is 0 Å². The van der Waals surface area contributed by atoms with Crippen molar-refractivity contribution in [3.8, 4) is 5.75 Å². The molecule has 1 N–H and O–H groups in total. The van der Waals surface area contributed by atoms with Crippen molar-refractivity contribution in [2.24, 2.45) is 0 Å². The van der Waals surface area contributed by atoms with Crippen molar-refractivity contribution in [3.05, 3.63) is 58.6 Å². The Morgan fingerprint density at radius 2 is 1.89 bits per heavy atom. The molecule has 0 saturated heterocycles. The first kappa shape index (κ1) is 14.0. The zero-order chi connectivity index (χ0) is 13.8. The summed E-state index contributed by atoms with van der Waals surface area (Å²) < 4.78 is 0. The number of carbonyl (C=O) groups is 1. The molecule has 0 atom stereocenters. The first-order valence-corrected chi connectivity index (χ1v) is 7.14. The molecule has 0 bridgehead atoms. The minimum absolute atomic E-state index is 0.0432. The summed E-state index contributed by atoms with van der Waals surface area (Å²) in [6, 6.07) is 12.4. The van der Waals surface area contributed by atoms with Crippen molar-refractivity contribution in [1.82, 2.24) is 0 Å². The lowest BCUT2D eigenvalue weighted by Crippen LogP contribution is -2.02. The van der Waals surface area contributed by atoms with E-state index in [9.17, 15) is 9.90 Å². The Balaban J connectivity index is 2.03. The highest BCUT2D eigenvalue weighted by Crippen LogP contribution is 2.24. The van der Waals surface area contributed by atoms with Gasteiger partial charge in [0, 0.05) is 9.92 Å². The molecule has 0 aliphatic rings. The molecule has 0 aliphatic carbocycles. The number of thioether (sulfide) groups is 1. The van der Waals surface area contributed by atoms with Gasteiger partial charge < -0.3 is 5.11 Å². The van der Waals surface area contributed by atoms with E-state index in [2.05, 4.69) is 0 Å². The second-order valence-corrected chi connectivity index (χ2v) is 5.67.